The highest BCUT2D eigenvalue weighted by Gasteiger charge is 2.19. The van der Waals surface area contributed by atoms with Crippen molar-refractivity contribution in [3.8, 4) is 16.9 Å². The van der Waals surface area contributed by atoms with Crippen molar-refractivity contribution < 1.29 is 9.84 Å². The Balaban J connectivity index is 1.38. The van der Waals surface area contributed by atoms with E-state index in [4.69, 9.17) is 19.8 Å². The van der Waals surface area contributed by atoms with Crippen LogP contribution in [-0.2, 0) is 6.54 Å². The van der Waals surface area contributed by atoms with E-state index in [1.165, 1.54) is 0 Å². The number of anilines is 2. The normalized spacial score (nSPS) is 13.9. The Kier molecular flexibility index (Phi) is 7.29. The molecule has 4 aromatic rings. The molecule has 0 bridgehead atoms. The molecule has 2 aromatic heterocycles. The fraction of sp³-hybridized carbons (Fsp3) is 0.370. The number of nitrogens with zero attached hydrogens (tertiary/aromatic N) is 5. The number of benzene rings is 2. The Morgan fingerprint density at radius 1 is 1.06 bits per heavy atom. The lowest BCUT2D eigenvalue weighted by Gasteiger charge is -2.27. The summed E-state index contributed by atoms with van der Waals surface area (Å²) in [6.45, 7) is 8.75. The second kappa shape index (κ2) is 10.9. The maximum absolute atomic E-state index is 9.11. The van der Waals surface area contributed by atoms with Gasteiger partial charge in [-0.05, 0) is 31.0 Å². The molecule has 0 unspecified atom stereocenters. The van der Waals surface area contributed by atoms with Crippen LogP contribution in [0.3, 0.4) is 0 Å². The summed E-state index contributed by atoms with van der Waals surface area (Å²) in [5, 5.41) is 16.0. The molecule has 3 N–H and O–H groups in total. The maximum Gasteiger partial charge on any atom is 0.229 e. The Morgan fingerprint density at radius 3 is 2.58 bits per heavy atom. The summed E-state index contributed by atoms with van der Waals surface area (Å²) in [7, 11) is 0. The van der Waals surface area contributed by atoms with Gasteiger partial charge < -0.3 is 29.9 Å². The van der Waals surface area contributed by atoms with E-state index in [1.807, 2.05) is 30.6 Å². The predicted molar refractivity (Wildman–Crippen MR) is 143 cm³/mol. The highest BCUT2D eigenvalue weighted by molar-refractivity contribution is 5.84. The number of para-hydroxylation sites is 1. The third-order valence-electron chi connectivity index (χ3n) is 6.33. The van der Waals surface area contributed by atoms with Crippen LogP contribution in [0, 0.1) is 0 Å². The number of imidazole rings is 1. The number of aliphatic hydroxyl groups excluding tert-OH is 1. The first-order chi connectivity index (χ1) is 17.6. The van der Waals surface area contributed by atoms with Crippen LogP contribution in [0.25, 0.3) is 22.3 Å². The summed E-state index contributed by atoms with van der Waals surface area (Å²) in [6, 6.07) is 16.5. The quantitative estimate of drug-likeness (QED) is 0.330. The number of aliphatic hydroxyl groups is 1. The van der Waals surface area contributed by atoms with Crippen molar-refractivity contribution in [2.45, 2.75) is 26.4 Å². The fourth-order valence-electron chi connectivity index (χ4n) is 4.39. The SMILES string of the molecule is CC(C)n1cnc2c(NCc3ccc(-c4ccccc4OCCO)cc3)nc(N3CCNCC3)nc21. The van der Waals surface area contributed by atoms with Crippen molar-refractivity contribution in [3.63, 3.8) is 0 Å². The van der Waals surface area contributed by atoms with Gasteiger partial charge in [0.05, 0.1) is 12.9 Å². The summed E-state index contributed by atoms with van der Waals surface area (Å²) in [5.74, 6) is 2.26. The van der Waals surface area contributed by atoms with E-state index in [9.17, 15) is 0 Å². The Bertz CT molecular complexity index is 1300. The Labute approximate surface area is 211 Å². The third kappa shape index (κ3) is 5.12. The third-order valence-corrected chi connectivity index (χ3v) is 6.33. The van der Waals surface area contributed by atoms with Gasteiger partial charge in [-0.1, -0.05) is 42.5 Å². The van der Waals surface area contributed by atoms with E-state index in [0.717, 1.165) is 71.5 Å². The molecule has 1 fully saturated rings. The molecule has 1 aliphatic heterocycles. The molecular formula is C27H33N7O2. The first-order valence-electron chi connectivity index (χ1n) is 12.5. The van der Waals surface area contributed by atoms with Gasteiger partial charge in [0.15, 0.2) is 17.0 Å². The number of fused-ring (bicyclic) bond motifs is 1. The van der Waals surface area contributed by atoms with Crippen LogP contribution in [0.15, 0.2) is 54.9 Å². The average molecular weight is 488 g/mol. The van der Waals surface area contributed by atoms with Crippen LogP contribution in [0.2, 0.25) is 0 Å². The van der Waals surface area contributed by atoms with Gasteiger partial charge in [-0.3, -0.25) is 0 Å². The van der Waals surface area contributed by atoms with Crippen molar-refractivity contribution >= 4 is 22.9 Å². The van der Waals surface area contributed by atoms with Crippen LogP contribution in [-0.4, -0.2) is 64.0 Å². The number of piperazine rings is 1. The van der Waals surface area contributed by atoms with E-state index in [-0.39, 0.29) is 19.3 Å². The summed E-state index contributed by atoms with van der Waals surface area (Å²) >= 11 is 0. The highest BCUT2D eigenvalue weighted by Crippen LogP contribution is 2.30. The van der Waals surface area contributed by atoms with Crippen LogP contribution >= 0.6 is 0 Å². The predicted octanol–water partition coefficient (Wildman–Crippen LogP) is 3.47. The molecule has 9 nitrogen and oxygen atoms in total. The molecule has 5 rings (SSSR count). The topological polar surface area (TPSA) is 100 Å². The van der Waals surface area contributed by atoms with Gasteiger partial charge in [-0.15, -0.1) is 0 Å². The minimum Gasteiger partial charge on any atom is -0.491 e. The lowest BCUT2D eigenvalue weighted by Crippen LogP contribution is -2.44. The van der Waals surface area contributed by atoms with Crippen LogP contribution in [0.5, 0.6) is 5.75 Å². The van der Waals surface area contributed by atoms with Crippen molar-refractivity contribution in [1.29, 1.82) is 0 Å². The molecule has 9 heteroatoms. The van der Waals surface area contributed by atoms with Gasteiger partial charge in [0, 0.05) is 44.3 Å². The number of hydrogen-bond acceptors (Lipinski definition) is 8. The second-order valence-corrected chi connectivity index (χ2v) is 9.15. The molecule has 188 valence electrons. The van der Waals surface area contributed by atoms with Crippen molar-refractivity contribution in [2.75, 3.05) is 49.6 Å². The monoisotopic (exact) mass is 487 g/mol. The molecule has 0 atom stereocenters. The van der Waals surface area contributed by atoms with Crippen molar-refractivity contribution in [3.05, 3.63) is 60.4 Å². The first-order valence-corrected chi connectivity index (χ1v) is 12.5. The molecule has 0 aliphatic carbocycles. The molecule has 0 spiro atoms. The fourth-order valence-corrected chi connectivity index (χ4v) is 4.39. The molecule has 3 heterocycles. The first kappa shape index (κ1) is 24.0. The number of rotatable bonds is 9. The average Bonchev–Trinajstić information content (AvgIpc) is 3.36. The number of hydrogen-bond donors (Lipinski definition) is 3. The minimum absolute atomic E-state index is 0.0129. The molecule has 1 aliphatic rings. The molecule has 2 aromatic carbocycles. The van der Waals surface area contributed by atoms with Gasteiger partial charge in [0.2, 0.25) is 5.95 Å². The number of nitrogens with one attached hydrogen (secondary N) is 2. The van der Waals surface area contributed by atoms with E-state index >= 15 is 0 Å². The van der Waals surface area contributed by atoms with Crippen molar-refractivity contribution in [1.82, 2.24) is 24.8 Å². The van der Waals surface area contributed by atoms with Gasteiger partial charge in [0.1, 0.15) is 12.4 Å². The number of aromatic nitrogens is 4. The molecular weight excluding hydrogens is 454 g/mol. The highest BCUT2D eigenvalue weighted by atomic mass is 16.5. The van der Waals surface area contributed by atoms with Crippen molar-refractivity contribution in [2.24, 2.45) is 0 Å². The van der Waals surface area contributed by atoms with Gasteiger partial charge >= 0.3 is 0 Å². The van der Waals surface area contributed by atoms with E-state index < -0.39 is 0 Å². The standard InChI is InChI=1S/C27H33N7O2/c1-19(2)34-18-30-24-25(31-27(32-26(24)34)33-13-11-28-12-14-33)29-17-20-7-9-21(10-8-20)22-5-3-4-6-23(22)36-16-15-35/h3-10,18-19,28,35H,11-17H2,1-2H3,(H,29,31,32). The second-order valence-electron chi connectivity index (χ2n) is 9.15. The van der Waals surface area contributed by atoms with Crippen LogP contribution < -0.4 is 20.3 Å². The van der Waals surface area contributed by atoms with Crippen LogP contribution in [0.4, 0.5) is 11.8 Å². The lowest BCUT2D eigenvalue weighted by molar-refractivity contribution is 0.202. The molecule has 1 saturated heterocycles. The summed E-state index contributed by atoms with van der Waals surface area (Å²) in [4.78, 5) is 16.6. The van der Waals surface area contributed by atoms with E-state index in [0.29, 0.717) is 6.54 Å². The molecule has 0 radical (unpaired) electrons. The van der Waals surface area contributed by atoms with Gasteiger partial charge in [0.25, 0.3) is 0 Å². The molecule has 36 heavy (non-hydrogen) atoms. The van der Waals surface area contributed by atoms with E-state index in [2.05, 4.69) is 63.2 Å². The van der Waals surface area contributed by atoms with Gasteiger partial charge in [-0.2, -0.15) is 9.97 Å². The smallest absolute Gasteiger partial charge is 0.229 e. The lowest BCUT2D eigenvalue weighted by atomic mass is 10.0. The van der Waals surface area contributed by atoms with E-state index in [1.54, 1.807) is 0 Å². The van der Waals surface area contributed by atoms with Crippen LogP contribution in [0.1, 0.15) is 25.5 Å². The summed E-state index contributed by atoms with van der Waals surface area (Å²) in [5.41, 5.74) is 4.84. The number of ether oxygens (including phenoxy) is 1. The zero-order chi connectivity index (χ0) is 24.9. The molecule has 0 amide bonds. The maximum atomic E-state index is 9.11. The zero-order valence-electron chi connectivity index (χ0n) is 20.8. The summed E-state index contributed by atoms with van der Waals surface area (Å²) < 4.78 is 7.80. The van der Waals surface area contributed by atoms with Gasteiger partial charge in [-0.25, -0.2) is 4.98 Å². The Morgan fingerprint density at radius 2 is 1.83 bits per heavy atom. The summed E-state index contributed by atoms with van der Waals surface area (Å²) in [6.07, 6.45) is 1.85. The molecule has 0 saturated carbocycles. The largest absolute Gasteiger partial charge is 0.491 e. The zero-order valence-corrected chi connectivity index (χ0v) is 20.8. The minimum atomic E-state index is -0.0129. The Hall–Kier alpha value is -3.69.